The van der Waals surface area contributed by atoms with Crippen molar-refractivity contribution < 1.29 is 15.0 Å². The van der Waals surface area contributed by atoms with E-state index < -0.39 is 12.2 Å². The van der Waals surface area contributed by atoms with Crippen molar-refractivity contribution in [1.29, 1.82) is 0 Å². The molecule has 0 saturated carbocycles. The van der Waals surface area contributed by atoms with E-state index in [1.54, 1.807) is 16.2 Å². The topological polar surface area (TPSA) is 72.8 Å². The number of nitrogens with one attached hydrogen (secondary N) is 1. The Kier molecular flexibility index (Phi) is 4.34. The van der Waals surface area contributed by atoms with Crippen LogP contribution in [0, 0.1) is 0 Å². The minimum absolute atomic E-state index is 0.00468. The molecule has 1 aliphatic rings. The average molecular weight is 270 g/mol. The van der Waals surface area contributed by atoms with E-state index in [0.29, 0.717) is 13.1 Å². The summed E-state index contributed by atoms with van der Waals surface area (Å²) >= 11 is 1.61. The Balaban J connectivity index is 1.79. The lowest BCUT2D eigenvalue weighted by Gasteiger charge is -2.17. The second-order valence-electron chi connectivity index (χ2n) is 4.63. The molecule has 1 amide bonds. The lowest BCUT2D eigenvalue weighted by atomic mass is 10.3. The van der Waals surface area contributed by atoms with E-state index >= 15 is 0 Å². The van der Waals surface area contributed by atoms with E-state index in [1.165, 1.54) is 0 Å². The van der Waals surface area contributed by atoms with Crippen LogP contribution in [-0.4, -0.2) is 52.9 Å². The maximum absolute atomic E-state index is 11.8. The number of nitrogens with zero attached hydrogens (tertiary/aromatic N) is 1. The van der Waals surface area contributed by atoms with Crippen LogP contribution in [0.15, 0.2) is 17.5 Å². The molecule has 5 nitrogen and oxygen atoms in total. The summed E-state index contributed by atoms with van der Waals surface area (Å²) in [6.07, 6.45) is -1.49. The van der Waals surface area contributed by atoms with Crippen molar-refractivity contribution in [1.82, 2.24) is 10.2 Å². The largest absolute Gasteiger partial charge is 0.389 e. The number of thiophene rings is 1. The van der Waals surface area contributed by atoms with Gasteiger partial charge in [-0.25, -0.2) is 0 Å². The first kappa shape index (κ1) is 13.5. The number of carbonyl (C=O) groups excluding carboxylic acids is 1. The predicted molar refractivity (Wildman–Crippen MR) is 69.3 cm³/mol. The van der Waals surface area contributed by atoms with Gasteiger partial charge in [0.15, 0.2) is 0 Å². The van der Waals surface area contributed by atoms with Crippen LogP contribution in [0.3, 0.4) is 0 Å². The number of hydrogen-bond acceptors (Lipinski definition) is 5. The van der Waals surface area contributed by atoms with Gasteiger partial charge in [0.1, 0.15) is 0 Å². The number of β-amino-alcohol motifs (C(OH)–C–C–N with tert-alkyl or cyclic N) is 2. The van der Waals surface area contributed by atoms with Gasteiger partial charge in [-0.1, -0.05) is 6.07 Å². The van der Waals surface area contributed by atoms with E-state index in [-0.39, 0.29) is 18.5 Å². The fourth-order valence-corrected chi connectivity index (χ4v) is 2.81. The van der Waals surface area contributed by atoms with E-state index in [9.17, 15) is 15.0 Å². The SMILES string of the molecule is CC(NC(=O)CN1CC(O)C(O)C1)c1cccs1. The van der Waals surface area contributed by atoms with Crippen molar-refractivity contribution in [3.05, 3.63) is 22.4 Å². The molecule has 18 heavy (non-hydrogen) atoms. The quantitative estimate of drug-likeness (QED) is 0.718. The third-order valence-electron chi connectivity index (χ3n) is 3.05. The van der Waals surface area contributed by atoms with Crippen molar-refractivity contribution in [3.8, 4) is 0 Å². The van der Waals surface area contributed by atoms with Gasteiger partial charge in [-0.05, 0) is 18.4 Å². The molecule has 0 aromatic carbocycles. The van der Waals surface area contributed by atoms with Gasteiger partial charge in [0, 0.05) is 18.0 Å². The zero-order valence-electron chi connectivity index (χ0n) is 10.2. The summed E-state index contributed by atoms with van der Waals surface area (Å²) in [7, 11) is 0. The molecule has 0 spiro atoms. The van der Waals surface area contributed by atoms with Gasteiger partial charge in [0.25, 0.3) is 0 Å². The van der Waals surface area contributed by atoms with Crippen molar-refractivity contribution in [3.63, 3.8) is 0 Å². The molecule has 1 aromatic rings. The summed E-state index contributed by atoms with van der Waals surface area (Å²) in [6, 6.07) is 3.93. The molecule has 0 aliphatic carbocycles. The summed E-state index contributed by atoms with van der Waals surface area (Å²) in [5.41, 5.74) is 0. The zero-order valence-corrected chi connectivity index (χ0v) is 11.1. The summed E-state index contributed by atoms with van der Waals surface area (Å²) in [4.78, 5) is 14.7. The first-order valence-electron chi connectivity index (χ1n) is 5.97. The second-order valence-corrected chi connectivity index (χ2v) is 5.61. The fourth-order valence-electron chi connectivity index (χ4n) is 2.08. The standard InChI is InChI=1S/C12H18N2O3S/c1-8(11-3-2-4-18-11)13-12(17)7-14-5-9(15)10(16)6-14/h2-4,8-10,15-16H,5-7H2,1H3,(H,13,17). The molecular weight excluding hydrogens is 252 g/mol. The Labute approximate surface area is 110 Å². The van der Waals surface area contributed by atoms with Gasteiger partial charge in [0.05, 0.1) is 24.8 Å². The molecule has 0 bridgehead atoms. The highest BCUT2D eigenvalue weighted by Crippen LogP contribution is 2.18. The molecule has 0 radical (unpaired) electrons. The Morgan fingerprint density at radius 3 is 2.78 bits per heavy atom. The maximum Gasteiger partial charge on any atom is 0.234 e. The van der Waals surface area contributed by atoms with Crippen LogP contribution < -0.4 is 5.32 Å². The molecule has 1 aromatic heterocycles. The third kappa shape index (κ3) is 3.29. The molecule has 1 saturated heterocycles. The molecular formula is C12H18N2O3S. The van der Waals surface area contributed by atoms with E-state index in [0.717, 1.165) is 4.88 Å². The number of likely N-dealkylation sites (tertiary alicyclic amines) is 1. The number of rotatable bonds is 4. The van der Waals surface area contributed by atoms with Gasteiger partial charge >= 0.3 is 0 Å². The maximum atomic E-state index is 11.8. The highest BCUT2D eigenvalue weighted by molar-refractivity contribution is 7.10. The van der Waals surface area contributed by atoms with Crippen LogP contribution in [-0.2, 0) is 4.79 Å². The number of aliphatic hydroxyl groups is 2. The van der Waals surface area contributed by atoms with Gasteiger partial charge in [-0.2, -0.15) is 0 Å². The van der Waals surface area contributed by atoms with E-state index in [2.05, 4.69) is 5.32 Å². The Morgan fingerprint density at radius 2 is 2.22 bits per heavy atom. The molecule has 1 fully saturated rings. The molecule has 3 unspecified atom stereocenters. The smallest absolute Gasteiger partial charge is 0.234 e. The van der Waals surface area contributed by atoms with Crippen LogP contribution in [0.25, 0.3) is 0 Å². The lowest BCUT2D eigenvalue weighted by Crippen LogP contribution is -2.37. The summed E-state index contributed by atoms with van der Waals surface area (Å²) in [6.45, 7) is 2.85. The summed E-state index contributed by atoms with van der Waals surface area (Å²) < 4.78 is 0. The highest BCUT2D eigenvalue weighted by Gasteiger charge is 2.30. The van der Waals surface area contributed by atoms with Crippen LogP contribution >= 0.6 is 11.3 Å². The lowest BCUT2D eigenvalue weighted by molar-refractivity contribution is -0.122. The minimum Gasteiger partial charge on any atom is -0.389 e. The monoisotopic (exact) mass is 270 g/mol. The van der Waals surface area contributed by atoms with E-state index in [4.69, 9.17) is 0 Å². The van der Waals surface area contributed by atoms with Crippen LogP contribution in [0.5, 0.6) is 0 Å². The van der Waals surface area contributed by atoms with Crippen LogP contribution in [0.4, 0.5) is 0 Å². The number of aliphatic hydroxyl groups excluding tert-OH is 2. The van der Waals surface area contributed by atoms with Gasteiger partial charge in [-0.3, -0.25) is 9.69 Å². The molecule has 1 aliphatic heterocycles. The molecule has 3 N–H and O–H groups in total. The average Bonchev–Trinajstić information content (AvgIpc) is 2.89. The normalized spacial score (nSPS) is 26.2. The summed E-state index contributed by atoms with van der Waals surface area (Å²) in [5.74, 6) is -0.0859. The van der Waals surface area contributed by atoms with Crippen molar-refractivity contribution in [2.45, 2.75) is 25.2 Å². The third-order valence-corrected chi connectivity index (χ3v) is 4.10. The fraction of sp³-hybridized carbons (Fsp3) is 0.583. The van der Waals surface area contributed by atoms with Crippen molar-refractivity contribution in [2.24, 2.45) is 0 Å². The first-order chi connectivity index (χ1) is 8.56. The number of carbonyl (C=O) groups is 1. The molecule has 2 heterocycles. The predicted octanol–water partition coefficient (Wildman–Crippen LogP) is -0.0373. The summed E-state index contributed by atoms with van der Waals surface area (Å²) in [5, 5.41) is 23.7. The molecule has 2 rings (SSSR count). The van der Waals surface area contributed by atoms with Crippen LogP contribution in [0.2, 0.25) is 0 Å². The zero-order chi connectivity index (χ0) is 13.1. The molecule has 100 valence electrons. The Morgan fingerprint density at radius 1 is 1.56 bits per heavy atom. The number of amides is 1. The minimum atomic E-state index is -0.743. The van der Waals surface area contributed by atoms with Crippen LogP contribution in [0.1, 0.15) is 17.8 Å². The van der Waals surface area contributed by atoms with Gasteiger partial charge < -0.3 is 15.5 Å². The molecule has 3 atom stereocenters. The van der Waals surface area contributed by atoms with Crippen molar-refractivity contribution in [2.75, 3.05) is 19.6 Å². The number of hydrogen-bond donors (Lipinski definition) is 3. The highest BCUT2D eigenvalue weighted by atomic mass is 32.1. The Bertz CT molecular complexity index is 386. The second kappa shape index (κ2) is 5.79. The van der Waals surface area contributed by atoms with Crippen molar-refractivity contribution >= 4 is 17.2 Å². The first-order valence-corrected chi connectivity index (χ1v) is 6.85. The Hall–Kier alpha value is -0.950. The van der Waals surface area contributed by atoms with E-state index in [1.807, 2.05) is 24.4 Å². The van der Waals surface area contributed by atoms with Gasteiger partial charge in [-0.15, -0.1) is 11.3 Å². The molecule has 6 heteroatoms. The van der Waals surface area contributed by atoms with Gasteiger partial charge in [0.2, 0.25) is 5.91 Å².